The normalized spacial score (nSPS) is 15.3. The molecule has 0 radical (unpaired) electrons. The van der Waals surface area contributed by atoms with Gasteiger partial charge in [0.15, 0.2) is 5.13 Å². The summed E-state index contributed by atoms with van der Waals surface area (Å²) in [5.74, 6) is -0.217. The Morgan fingerprint density at radius 3 is 2.78 bits per heavy atom. The first-order valence-corrected chi connectivity index (χ1v) is 10.9. The minimum Gasteiger partial charge on any atom is -0.348 e. The van der Waals surface area contributed by atoms with Gasteiger partial charge in [0, 0.05) is 29.6 Å². The van der Waals surface area contributed by atoms with Crippen LogP contribution in [0, 0.1) is 11.7 Å². The average Bonchev–Trinajstić information content (AvgIpc) is 3.14. The number of carbonyl (C=O) groups excluding carboxylic acids is 1. The third kappa shape index (κ3) is 3.94. The Kier molecular flexibility index (Phi) is 5.31. The number of rotatable bonds is 4. The summed E-state index contributed by atoms with van der Waals surface area (Å²) < 4.78 is 14.7. The molecule has 4 rings (SSSR count). The lowest BCUT2D eigenvalue weighted by atomic mass is 9.96. The zero-order chi connectivity index (χ0) is 18.8. The van der Waals surface area contributed by atoms with E-state index in [9.17, 15) is 9.18 Å². The fourth-order valence-corrected chi connectivity index (χ4v) is 4.81. The molecule has 1 aliphatic rings. The van der Waals surface area contributed by atoms with Crippen molar-refractivity contribution in [1.29, 1.82) is 0 Å². The van der Waals surface area contributed by atoms with E-state index < -0.39 is 0 Å². The third-order valence-electron chi connectivity index (χ3n) is 4.83. The molecule has 0 unspecified atom stereocenters. The number of anilines is 2. The Morgan fingerprint density at radius 1 is 1.26 bits per heavy atom. The van der Waals surface area contributed by atoms with Crippen LogP contribution in [-0.4, -0.2) is 30.2 Å². The molecule has 140 valence electrons. The van der Waals surface area contributed by atoms with Crippen molar-refractivity contribution in [3.05, 3.63) is 48.3 Å². The van der Waals surface area contributed by atoms with Crippen LogP contribution in [0.4, 0.5) is 15.2 Å². The zero-order valence-electron chi connectivity index (χ0n) is 14.9. The Morgan fingerprint density at radius 2 is 2.04 bits per heavy atom. The molecular formula is C20H20FN3OS2. The van der Waals surface area contributed by atoms with Gasteiger partial charge in [-0.25, -0.2) is 9.37 Å². The number of carbonyl (C=O) groups is 1. The molecule has 7 heteroatoms. The lowest BCUT2D eigenvalue weighted by Gasteiger charge is -2.31. The van der Waals surface area contributed by atoms with Crippen LogP contribution in [0.3, 0.4) is 0 Å². The molecule has 3 aromatic rings. The van der Waals surface area contributed by atoms with Crippen molar-refractivity contribution in [1.82, 2.24) is 4.98 Å². The number of hydrogen-bond acceptors (Lipinski definition) is 5. The lowest BCUT2D eigenvalue weighted by molar-refractivity contribution is -0.120. The maximum absolute atomic E-state index is 13.9. The van der Waals surface area contributed by atoms with Crippen LogP contribution in [0.5, 0.6) is 0 Å². The highest BCUT2D eigenvalue weighted by Crippen LogP contribution is 2.32. The highest BCUT2D eigenvalue weighted by atomic mass is 32.2. The van der Waals surface area contributed by atoms with Gasteiger partial charge in [-0.15, -0.1) is 11.8 Å². The van der Waals surface area contributed by atoms with E-state index >= 15 is 0 Å². The van der Waals surface area contributed by atoms with E-state index in [1.165, 1.54) is 17.4 Å². The molecular weight excluding hydrogens is 381 g/mol. The molecule has 1 N–H and O–H groups in total. The number of nitrogens with one attached hydrogen (secondary N) is 1. The largest absolute Gasteiger partial charge is 0.348 e. The van der Waals surface area contributed by atoms with Crippen molar-refractivity contribution in [2.24, 2.45) is 5.92 Å². The number of aromatic nitrogens is 1. The summed E-state index contributed by atoms with van der Waals surface area (Å²) in [6, 6.07) is 12.9. The third-order valence-corrected chi connectivity index (χ3v) is 6.64. The Labute approximate surface area is 165 Å². The number of para-hydroxylation sites is 1. The smallest absolute Gasteiger partial charge is 0.227 e. The Bertz CT molecular complexity index is 967. The van der Waals surface area contributed by atoms with Crippen LogP contribution in [0.25, 0.3) is 10.2 Å². The van der Waals surface area contributed by atoms with E-state index in [0.717, 1.165) is 46.3 Å². The molecule has 0 spiro atoms. The Balaban J connectivity index is 1.39. The van der Waals surface area contributed by atoms with Gasteiger partial charge >= 0.3 is 0 Å². The van der Waals surface area contributed by atoms with Crippen LogP contribution in [-0.2, 0) is 4.79 Å². The first-order valence-electron chi connectivity index (χ1n) is 8.89. The van der Waals surface area contributed by atoms with Gasteiger partial charge in [-0.1, -0.05) is 23.5 Å². The predicted octanol–water partition coefficient (Wildman–Crippen LogP) is 5.01. The first-order chi connectivity index (χ1) is 13.1. The van der Waals surface area contributed by atoms with Gasteiger partial charge in [-0.2, -0.15) is 0 Å². The van der Waals surface area contributed by atoms with Crippen molar-refractivity contribution < 1.29 is 9.18 Å². The fraction of sp³-hybridized carbons (Fsp3) is 0.300. The monoisotopic (exact) mass is 401 g/mol. The van der Waals surface area contributed by atoms with Crippen LogP contribution in [0.2, 0.25) is 0 Å². The molecule has 1 fully saturated rings. The molecule has 2 aromatic carbocycles. The van der Waals surface area contributed by atoms with Gasteiger partial charge in [0.25, 0.3) is 0 Å². The SMILES string of the molecule is CSc1cccc(NC(=O)C2CCN(c3nc4c(F)cccc4s3)CC2)c1. The van der Waals surface area contributed by atoms with E-state index in [0.29, 0.717) is 5.52 Å². The number of halogens is 1. The highest BCUT2D eigenvalue weighted by Gasteiger charge is 2.26. The number of thiazole rings is 1. The van der Waals surface area contributed by atoms with Crippen molar-refractivity contribution in [3.63, 3.8) is 0 Å². The van der Waals surface area contributed by atoms with Gasteiger partial charge in [0.05, 0.1) is 4.70 Å². The average molecular weight is 402 g/mol. The number of hydrogen-bond donors (Lipinski definition) is 1. The second-order valence-electron chi connectivity index (χ2n) is 6.57. The minimum absolute atomic E-state index is 0.00898. The van der Waals surface area contributed by atoms with Crippen molar-refractivity contribution in [2.75, 3.05) is 29.6 Å². The van der Waals surface area contributed by atoms with E-state index in [-0.39, 0.29) is 17.6 Å². The molecule has 1 amide bonds. The maximum atomic E-state index is 13.9. The lowest BCUT2D eigenvalue weighted by Crippen LogP contribution is -2.38. The molecule has 1 aromatic heterocycles. The highest BCUT2D eigenvalue weighted by molar-refractivity contribution is 7.98. The summed E-state index contributed by atoms with van der Waals surface area (Å²) in [4.78, 5) is 20.3. The minimum atomic E-state index is -0.281. The number of amides is 1. The summed E-state index contributed by atoms with van der Waals surface area (Å²) in [6.45, 7) is 1.51. The summed E-state index contributed by atoms with van der Waals surface area (Å²) in [5, 5.41) is 3.87. The van der Waals surface area contributed by atoms with Crippen LogP contribution >= 0.6 is 23.1 Å². The van der Waals surface area contributed by atoms with E-state index in [1.807, 2.05) is 36.6 Å². The summed E-state index contributed by atoms with van der Waals surface area (Å²) in [5.41, 5.74) is 1.28. The zero-order valence-corrected chi connectivity index (χ0v) is 16.6. The number of nitrogens with zero attached hydrogens (tertiary/aromatic N) is 2. The maximum Gasteiger partial charge on any atom is 0.227 e. The first kappa shape index (κ1) is 18.3. The van der Waals surface area contributed by atoms with Gasteiger partial charge < -0.3 is 10.2 Å². The summed E-state index contributed by atoms with van der Waals surface area (Å²) in [6.07, 6.45) is 3.56. The molecule has 1 aliphatic heterocycles. The van der Waals surface area contributed by atoms with Gasteiger partial charge in [0.2, 0.25) is 5.91 Å². The molecule has 0 atom stereocenters. The Hall–Kier alpha value is -2.12. The van der Waals surface area contributed by atoms with Crippen LogP contribution in [0.15, 0.2) is 47.4 Å². The molecule has 0 bridgehead atoms. The number of piperidine rings is 1. The van der Waals surface area contributed by atoms with E-state index in [1.54, 1.807) is 17.8 Å². The quantitative estimate of drug-likeness (QED) is 0.624. The number of benzene rings is 2. The predicted molar refractivity (Wildman–Crippen MR) is 111 cm³/mol. The van der Waals surface area contributed by atoms with Crippen LogP contribution in [0.1, 0.15) is 12.8 Å². The second-order valence-corrected chi connectivity index (χ2v) is 8.45. The van der Waals surface area contributed by atoms with Crippen molar-refractivity contribution in [2.45, 2.75) is 17.7 Å². The fourth-order valence-electron chi connectivity index (χ4n) is 3.32. The molecule has 2 heterocycles. The van der Waals surface area contributed by atoms with E-state index in [4.69, 9.17) is 0 Å². The number of fused-ring (bicyclic) bond motifs is 1. The molecule has 4 nitrogen and oxygen atoms in total. The standard InChI is InChI=1S/C20H20FN3OS2/c1-26-15-5-2-4-14(12-15)22-19(25)13-8-10-24(11-9-13)20-23-18-16(21)6-3-7-17(18)27-20/h2-7,12-13H,8-11H2,1H3,(H,22,25). The summed E-state index contributed by atoms with van der Waals surface area (Å²) >= 11 is 3.16. The molecule has 0 saturated carbocycles. The topological polar surface area (TPSA) is 45.2 Å². The van der Waals surface area contributed by atoms with Gasteiger partial charge in [-0.05, 0) is 49.4 Å². The van der Waals surface area contributed by atoms with Crippen LogP contribution < -0.4 is 10.2 Å². The van der Waals surface area contributed by atoms with Crippen molar-refractivity contribution >= 4 is 50.0 Å². The van der Waals surface area contributed by atoms with E-state index in [2.05, 4.69) is 15.2 Å². The second kappa shape index (κ2) is 7.86. The van der Waals surface area contributed by atoms with Gasteiger partial charge in [0.1, 0.15) is 11.3 Å². The molecule has 0 aliphatic carbocycles. The van der Waals surface area contributed by atoms with Crippen molar-refractivity contribution in [3.8, 4) is 0 Å². The molecule has 27 heavy (non-hydrogen) atoms. The molecule has 1 saturated heterocycles. The summed E-state index contributed by atoms with van der Waals surface area (Å²) in [7, 11) is 0. The number of thioether (sulfide) groups is 1. The van der Waals surface area contributed by atoms with Gasteiger partial charge in [-0.3, -0.25) is 4.79 Å².